The summed E-state index contributed by atoms with van der Waals surface area (Å²) >= 11 is 12.6. The summed E-state index contributed by atoms with van der Waals surface area (Å²) in [4.78, 5) is 35.0. The third kappa shape index (κ3) is 5.34. The number of alkyl carbamates (subject to hydrolysis) is 1. The number of carbonyl (C=O) groups is 3. The summed E-state index contributed by atoms with van der Waals surface area (Å²) in [6.07, 6.45) is 0.0546. The topological polar surface area (TPSA) is 84.5 Å². The van der Waals surface area contributed by atoms with E-state index in [1.165, 1.54) is 0 Å². The van der Waals surface area contributed by atoms with Crippen molar-refractivity contribution in [3.8, 4) is 0 Å². The van der Waals surface area contributed by atoms with Gasteiger partial charge in [-0.15, -0.1) is 0 Å². The fourth-order valence-electron chi connectivity index (χ4n) is 2.53. The molecule has 2 N–H and O–H groups in total. The monoisotopic (exact) mass is 386 g/mol. The molecule has 0 aliphatic carbocycles. The molecule has 1 unspecified atom stereocenters. The predicted molar refractivity (Wildman–Crippen MR) is 94.7 cm³/mol. The minimum Gasteiger partial charge on any atom is -0.444 e. The lowest BCUT2D eigenvalue weighted by molar-refractivity contribution is -0.134. The normalized spacial score (nSPS) is 17.9. The molecular formula is C17H20Cl2N2O4. The molecule has 25 heavy (non-hydrogen) atoms. The second kappa shape index (κ2) is 7.62. The van der Waals surface area contributed by atoms with Gasteiger partial charge in [-0.1, -0.05) is 23.2 Å². The summed E-state index contributed by atoms with van der Waals surface area (Å²) in [5.41, 5.74) is 0.584. The number of halogens is 2. The highest BCUT2D eigenvalue weighted by atomic mass is 35.5. The summed E-state index contributed by atoms with van der Waals surface area (Å²) in [6.45, 7) is 5.50. The maximum Gasteiger partial charge on any atom is 0.407 e. The van der Waals surface area contributed by atoms with Crippen LogP contribution in [0.1, 0.15) is 50.7 Å². The Morgan fingerprint density at radius 1 is 1.28 bits per heavy atom. The van der Waals surface area contributed by atoms with Crippen LogP contribution in [0.15, 0.2) is 12.1 Å². The maximum atomic E-state index is 12.0. The zero-order chi connectivity index (χ0) is 18.8. The molecule has 1 aliphatic heterocycles. The van der Waals surface area contributed by atoms with Crippen LogP contribution in [0.3, 0.4) is 0 Å². The quantitative estimate of drug-likeness (QED) is 0.777. The Labute approximate surface area is 156 Å². The molecule has 1 saturated heterocycles. The minimum atomic E-state index is -0.588. The number of piperidine rings is 1. The standard InChI is InChI=1S/C17H20Cl2N2O4/c1-17(2,3)25-16(24)20-8-9-6-11(18)14(12(19)7-9)10-4-5-13(22)21-15(10)23/h6-7,10H,4-5,8H2,1-3H3,(H,20,24)(H,21,22,23). The van der Waals surface area contributed by atoms with Gasteiger partial charge in [-0.25, -0.2) is 4.79 Å². The van der Waals surface area contributed by atoms with Gasteiger partial charge >= 0.3 is 6.09 Å². The Morgan fingerprint density at radius 3 is 2.40 bits per heavy atom. The van der Waals surface area contributed by atoms with Crippen molar-refractivity contribution in [1.29, 1.82) is 0 Å². The number of hydrogen-bond acceptors (Lipinski definition) is 4. The molecule has 0 spiro atoms. The van der Waals surface area contributed by atoms with Crippen LogP contribution in [0, 0.1) is 0 Å². The molecule has 0 aromatic heterocycles. The van der Waals surface area contributed by atoms with Crippen LogP contribution in [0.2, 0.25) is 10.0 Å². The van der Waals surface area contributed by atoms with Crippen molar-refractivity contribution in [2.75, 3.05) is 0 Å². The molecule has 1 aromatic carbocycles. The van der Waals surface area contributed by atoms with E-state index in [1.54, 1.807) is 32.9 Å². The second-order valence-electron chi connectivity index (χ2n) is 6.83. The van der Waals surface area contributed by atoms with Gasteiger partial charge in [0.1, 0.15) is 5.60 Å². The first kappa shape index (κ1) is 19.5. The van der Waals surface area contributed by atoms with Crippen molar-refractivity contribution in [3.05, 3.63) is 33.3 Å². The van der Waals surface area contributed by atoms with Crippen LogP contribution in [0.5, 0.6) is 0 Å². The van der Waals surface area contributed by atoms with E-state index in [9.17, 15) is 14.4 Å². The summed E-state index contributed by atoms with van der Waals surface area (Å²) in [7, 11) is 0. The molecule has 3 amide bonds. The van der Waals surface area contributed by atoms with Crippen molar-refractivity contribution < 1.29 is 19.1 Å². The lowest BCUT2D eigenvalue weighted by Crippen LogP contribution is -2.39. The van der Waals surface area contributed by atoms with Crippen LogP contribution in [0.25, 0.3) is 0 Å². The average molecular weight is 387 g/mol. The number of rotatable bonds is 3. The van der Waals surface area contributed by atoms with Gasteiger partial charge in [-0.2, -0.15) is 0 Å². The van der Waals surface area contributed by atoms with Crippen LogP contribution in [0.4, 0.5) is 4.79 Å². The second-order valence-corrected chi connectivity index (χ2v) is 7.65. The zero-order valence-corrected chi connectivity index (χ0v) is 15.8. The number of ether oxygens (including phenoxy) is 1. The first-order valence-electron chi connectivity index (χ1n) is 7.85. The highest BCUT2D eigenvalue weighted by molar-refractivity contribution is 6.36. The molecule has 2 rings (SSSR count). The van der Waals surface area contributed by atoms with Gasteiger partial charge in [0, 0.05) is 28.6 Å². The molecule has 1 aliphatic rings. The number of hydrogen-bond donors (Lipinski definition) is 2. The number of imide groups is 1. The van der Waals surface area contributed by atoms with E-state index < -0.39 is 23.5 Å². The molecule has 6 nitrogen and oxygen atoms in total. The van der Waals surface area contributed by atoms with Gasteiger partial charge in [0.05, 0.1) is 5.92 Å². The van der Waals surface area contributed by atoms with Gasteiger partial charge in [0.15, 0.2) is 0 Å². The van der Waals surface area contributed by atoms with Gasteiger partial charge in [-0.3, -0.25) is 14.9 Å². The lowest BCUT2D eigenvalue weighted by atomic mass is 9.90. The molecular weight excluding hydrogens is 367 g/mol. The van der Waals surface area contributed by atoms with Gasteiger partial charge in [0.2, 0.25) is 11.8 Å². The molecule has 1 aromatic rings. The molecule has 1 atom stereocenters. The van der Waals surface area contributed by atoms with Gasteiger partial charge in [-0.05, 0) is 44.9 Å². The Balaban J connectivity index is 2.11. The Kier molecular flexibility index (Phi) is 5.95. The first-order valence-corrected chi connectivity index (χ1v) is 8.61. The highest BCUT2D eigenvalue weighted by Crippen LogP contribution is 2.36. The molecule has 1 fully saturated rings. The lowest BCUT2D eigenvalue weighted by Gasteiger charge is -2.23. The third-order valence-electron chi connectivity index (χ3n) is 3.56. The van der Waals surface area contributed by atoms with E-state index in [-0.39, 0.29) is 18.9 Å². The fourth-order valence-corrected chi connectivity index (χ4v) is 3.32. The number of benzene rings is 1. The smallest absolute Gasteiger partial charge is 0.407 e. The van der Waals surface area contributed by atoms with Crippen molar-refractivity contribution in [1.82, 2.24) is 10.6 Å². The van der Waals surface area contributed by atoms with Crippen LogP contribution < -0.4 is 10.6 Å². The van der Waals surface area contributed by atoms with Crippen molar-refractivity contribution in [2.45, 2.75) is 51.7 Å². The van der Waals surface area contributed by atoms with E-state index in [0.29, 0.717) is 27.6 Å². The SMILES string of the molecule is CC(C)(C)OC(=O)NCc1cc(Cl)c(C2CCC(=O)NC2=O)c(Cl)c1. The molecule has 136 valence electrons. The molecule has 1 heterocycles. The molecule has 0 radical (unpaired) electrons. The van der Waals surface area contributed by atoms with Crippen molar-refractivity contribution >= 4 is 41.1 Å². The molecule has 0 bridgehead atoms. The summed E-state index contributed by atoms with van der Waals surface area (Å²) in [5.74, 6) is -1.27. The molecule has 0 saturated carbocycles. The average Bonchev–Trinajstić information content (AvgIpc) is 2.45. The van der Waals surface area contributed by atoms with Gasteiger partial charge in [0.25, 0.3) is 0 Å². The fraction of sp³-hybridized carbons (Fsp3) is 0.471. The first-order chi connectivity index (χ1) is 11.6. The predicted octanol–water partition coefficient (Wildman–Crippen LogP) is 3.54. The van der Waals surface area contributed by atoms with Crippen molar-refractivity contribution in [3.63, 3.8) is 0 Å². The van der Waals surface area contributed by atoms with Crippen molar-refractivity contribution in [2.24, 2.45) is 0 Å². The number of amides is 3. The third-order valence-corrected chi connectivity index (χ3v) is 4.19. The van der Waals surface area contributed by atoms with Crippen LogP contribution >= 0.6 is 23.2 Å². The van der Waals surface area contributed by atoms with E-state index in [2.05, 4.69) is 10.6 Å². The minimum absolute atomic E-state index is 0.185. The van der Waals surface area contributed by atoms with Gasteiger partial charge < -0.3 is 10.1 Å². The number of carbonyl (C=O) groups excluding carboxylic acids is 3. The summed E-state index contributed by atoms with van der Waals surface area (Å²) in [5, 5.41) is 5.56. The highest BCUT2D eigenvalue weighted by Gasteiger charge is 2.31. The molecule has 8 heteroatoms. The van der Waals surface area contributed by atoms with E-state index in [1.807, 2.05) is 0 Å². The van der Waals surface area contributed by atoms with E-state index in [0.717, 1.165) is 0 Å². The summed E-state index contributed by atoms with van der Waals surface area (Å²) in [6, 6.07) is 3.29. The number of nitrogens with one attached hydrogen (secondary N) is 2. The van der Waals surface area contributed by atoms with E-state index in [4.69, 9.17) is 27.9 Å². The Hall–Kier alpha value is -1.79. The van der Waals surface area contributed by atoms with E-state index >= 15 is 0 Å². The largest absolute Gasteiger partial charge is 0.444 e. The van der Waals surface area contributed by atoms with Crippen LogP contribution in [-0.4, -0.2) is 23.5 Å². The Morgan fingerprint density at radius 2 is 1.88 bits per heavy atom. The summed E-state index contributed by atoms with van der Waals surface area (Å²) < 4.78 is 5.16. The van der Waals surface area contributed by atoms with Crippen LogP contribution in [-0.2, 0) is 20.9 Å². The zero-order valence-electron chi connectivity index (χ0n) is 14.2. The maximum absolute atomic E-state index is 12.0. The Bertz CT molecular complexity index is 690.